The van der Waals surface area contributed by atoms with E-state index in [4.69, 9.17) is 9.52 Å². The van der Waals surface area contributed by atoms with Crippen molar-refractivity contribution >= 4 is 28.5 Å². The van der Waals surface area contributed by atoms with Crippen molar-refractivity contribution in [1.29, 1.82) is 0 Å². The predicted molar refractivity (Wildman–Crippen MR) is 108 cm³/mol. The molecule has 8 heteroatoms. The Bertz CT molecular complexity index is 1290. The number of carboxylic acid groups (broad SMARTS) is 1. The van der Waals surface area contributed by atoms with E-state index in [1.54, 1.807) is 42.5 Å². The van der Waals surface area contributed by atoms with Crippen molar-refractivity contribution < 1.29 is 32.3 Å². The lowest BCUT2D eigenvalue weighted by atomic mass is 9.98. The van der Waals surface area contributed by atoms with Gasteiger partial charge in [0, 0.05) is 16.6 Å². The Morgan fingerprint density at radius 3 is 2.29 bits per heavy atom. The van der Waals surface area contributed by atoms with Gasteiger partial charge in [-0.05, 0) is 53.6 Å². The van der Waals surface area contributed by atoms with E-state index in [0.29, 0.717) is 27.8 Å². The molecule has 1 aromatic heterocycles. The molecule has 4 aromatic rings. The van der Waals surface area contributed by atoms with Gasteiger partial charge in [0.2, 0.25) is 5.76 Å². The van der Waals surface area contributed by atoms with Crippen LogP contribution < -0.4 is 5.32 Å². The summed E-state index contributed by atoms with van der Waals surface area (Å²) in [4.78, 5) is 23.9. The van der Waals surface area contributed by atoms with Crippen LogP contribution >= 0.6 is 0 Å². The Balaban J connectivity index is 1.62. The number of hydrogen-bond acceptors (Lipinski definition) is 3. The van der Waals surface area contributed by atoms with Crippen molar-refractivity contribution in [3.8, 4) is 11.1 Å². The van der Waals surface area contributed by atoms with Crippen LogP contribution in [0, 0.1) is 0 Å². The molecule has 0 aliphatic carbocycles. The number of amides is 1. The molecule has 31 heavy (non-hydrogen) atoms. The first kappa shape index (κ1) is 20.2. The van der Waals surface area contributed by atoms with E-state index in [9.17, 15) is 22.8 Å². The molecule has 0 aliphatic heterocycles. The lowest BCUT2D eigenvalue weighted by Gasteiger charge is -2.12. The molecule has 156 valence electrons. The summed E-state index contributed by atoms with van der Waals surface area (Å²) in [5, 5.41) is 12.3. The van der Waals surface area contributed by atoms with Gasteiger partial charge >= 0.3 is 12.1 Å². The molecular weight excluding hydrogens is 411 g/mol. The number of carbonyl (C=O) groups excluding carboxylic acids is 1. The summed E-state index contributed by atoms with van der Waals surface area (Å²) in [5.41, 5.74) is 1.23. The summed E-state index contributed by atoms with van der Waals surface area (Å²) in [6, 6.07) is 17.2. The quantitative estimate of drug-likeness (QED) is 0.416. The van der Waals surface area contributed by atoms with Crippen LogP contribution in [-0.4, -0.2) is 17.0 Å². The van der Waals surface area contributed by atoms with Crippen molar-refractivity contribution in [3.05, 3.63) is 89.7 Å². The molecule has 5 nitrogen and oxygen atoms in total. The van der Waals surface area contributed by atoms with Gasteiger partial charge in [0.1, 0.15) is 5.58 Å². The van der Waals surface area contributed by atoms with Crippen LogP contribution in [0.25, 0.3) is 22.1 Å². The second kappa shape index (κ2) is 7.64. The number of halogens is 3. The van der Waals surface area contributed by atoms with Crippen molar-refractivity contribution in [2.45, 2.75) is 6.18 Å². The molecule has 0 saturated heterocycles. The Kier molecular flexibility index (Phi) is 4.98. The van der Waals surface area contributed by atoms with Crippen molar-refractivity contribution in [2.24, 2.45) is 0 Å². The number of benzene rings is 3. The van der Waals surface area contributed by atoms with Crippen LogP contribution in [0.15, 0.2) is 77.2 Å². The molecule has 4 rings (SSSR count). The number of fused-ring (bicyclic) bond motifs is 1. The fourth-order valence-electron chi connectivity index (χ4n) is 3.20. The number of aromatic carboxylic acids is 1. The van der Waals surface area contributed by atoms with Crippen molar-refractivity contribution in [3.63, 3.8) is 0 Å². The first-order chi connectivity index (χ1) is 14.7. The third-order valence-electron chi connectivity index (χ3n) is 4.68. The fraction of sp³-hybridized carbons (Fsp3) is 0.0435. The maximum Gasteiger partial charge on any atom is 0.416 e. The largest absolute Gasteiger partial charge is 0.475 e. The van der Waals surface area contributed by atoms with Crippen LogP contribution in [0.2, 0.25) is 0 Å². The van der Waals surface area contributed by atoms with E-state index >= 15 is 0 Å². The summed E-state index contributed by atoms with van der Waals surface area (Å²) in [6.07, 6.45) is -4.44. The number of hydrogen-bond donors (Lipinski definition) is 2. The van der Waals surface area contributed by atoms with E-state index < -0.39 is 23.6 Å². The monoisotopic (exact) mass is 425 g/mol. The lowest BCUT2D eigenvalue weighted by Crippen LogP contribution is -2.13. The SMILES string of the molecule is O=C(O)c1cc2cc(NC(=O)c3ccccc3-c3ccc(C(F)(F)F)cc3)ccc2o1. The second-order valence-electron chi connectivity index (χ2n) is 6.74. The van der Waals surface area contributed by atoms with E-state index in [1.165, 1.54) is 18.2 Å². The zero-order chi connectivity index (χ0) is 22.2. The topological polar surface area (TPSA) is 79.5 Å². The van der Waals surface area contributed by atoms with Crippen LogP contribution in [-0.2, 0) is 6.18 Å². The molecule has 0 saturated carbocycles. The van der Waals surface area contributed by atoms with E-state index in [0.717, 1.165) is 12.1 Å². The molecule has 1 heterocycles. The fourth-order valence-corrected chi connectivity index (χ4v) is 3.20. The van der Waals surface area contributed by atoms with Gasteiger partial charge in [-0.2, -0.15) is 13.2 Å². The van der Waals surface area contributed by atoms with Crippen LogP contribution in [0.4, 0.5) is 18.9 Å². The summed E-state index contributed by atoms with van der Waals surface area (Å²) in [7, 11) is 0. The minimum Gasteiger partial charge on any atom is -0.475 e. The Labute approximate surface area is 173 Å². The van der Waals surface area contributed by atoms with Crippen LogP contribution in [0.3, 0.4) is 0 Å². The van der Waals surface area contributed by atoms with Gasteiger partial charge in [0.05, 0.1) is 5.56 Å². The Hall–Kier alpha value is -4.07. The average molecular weight is 425 g/mol. The highest BCUT2D eigenvalue weighted by Gasteiger charge is 2.30. The van der Waals surface area contributed by atoms with Gasteiger partial charge in [-0.1, -0.05) is 30.3 Å². The molecule has 0 aliphatic rings. The van der Waals surface area contributed by atoms with Crippen molar-refractivity contribution in [2.75, 3.05) is 5.32 Å². The maximum atomic E-state index is 12.9. The van der Waals surface area contributed by atoms with Crippen LogP contribution in [0.5, 0.6) is 0 Å². The number of rotatable bonds is 4. The highest BCUT2D eigenvalue weighted by atomic mass is 19.4. The third kappa shape index (κ3) is 4.13. The second-order valence-corrected chi connectivity index (χ2v) is 6.74. The van der Waals surface area contributed by atoms with E-state index in [1.807, 2.05) is 0 Å². The van der Waals surface area contributed by atoms with Gasteiger partial charge in [-0.3, -0.25) is 4.79 Å². The number of alkyl halides is 3. The summed E-state index contributed by atoms with van der Waals surface area (Å²) < 4.78 is 43.7. The number of furan rings is 1. The smallest absolute Gasteiger partial charge is 0.416 e. The molecule has 0 spiro atoms. The van der Waals surface area contributed by atoms with Gasteiger partial charge in [-0.15, -0.1) is 0 Å². The van der Waals surface area contributed by atoms with E-state index in [2.05, 4.69) is 5.32 Å². The highest BCUT2D eigenvalue weighted by molar-refractivity contribution is 6.09. The molecular formula is C23H14F3NO4. The maximum absolute atomic E-state index is 12.9. The van der Waals surface area contributed by atoms with Gasteiger partial charge in [-0.25, -0.2) is 4.79 Å². The molecule has 0 fully saturated rings. The number of carboxylic acids is 1. The highest BCUT2D eigenvalue weighted by Crippen LogP contribution is 2.32. The van der Waals surface area contributed by atoms with E-state index in [-0.39, 0.29) is 11.3 Å². The van der Waals surface area contributed by atoms with Crippen LogP contribution in [0.1, 0.15) is 26.5 Å². The molecule has 0 radical (unpaired) electrons. The molecule has 0 unspecified atom stereocenters. The lowest BCUT2D eigenvalue weighted by molar-refractivity contribution is -0.137. The third-order valence-corrected chi connectivity index (χ3v) is 4.68. The predicted octanol–water partition coefficient (Wildman–Crippen LogP) is 6.07. The average Bonchev–Trinajstić information content (AvgIpc) is 3.17. The van der Waals surface area contributed by atoms with Gasteiger partial charge in [0.15, 0.2) is 0 Å². The normalized spacial score (nSPS) is 11.5. The zero-order valence-electron chi connectivity index (χ0n) is 15.7. The zero-order valence-corrected chi connectivity index (χ0v) is 15.7. The molecule has 1 amide bonds. The Morgan fingerprint density at radius 2 is 1.61 bits per heavy atom. The molecule has 0 atom stereocenters. The summed E-state index contributed by atoms with van der Waals surface area (Å²) in [6.45, 7) is 0. The molecule has 2 N–H and O–H groups in total. The molecule has 0 bridgehead atoms. The number of carbonyl (C=O) groups is 2. The number of anilines is 1. The first-order valence-electron chi connectivity index (χ1n) is 9.07. The van der Waals surface area contributed by atoms with Gasteiger partial charge < -0.3 is 14.8 Å². The minimum atomic E-state index is -4.44. The summed E-state index contributed by atoms with van der Waals surface area (Å²) >= 11 is 0. The van der Waals surface area contributed by atoms with Crippen molar-refractivity contribution in [1.82, 2.24) is 0 Å². The van der Waals surface area contributed by atoms with Gasteiger partial charge in [0.25, 0.3) is 5.91 Å². The standard InChI is InChI=1S/C23H14F3NO4/c24-23(25,26)15-7-5-13(6-8-15)17-3-1-2-4-18(17)21(28)27-16-9-10-19-14(11-16)12-20(31-19)22(29)30/h1-12H,(H,27,28)(H,29,30). The summed E-state index contributed by atoms with van der Waals surface area (Å²) in [5.74, 6) is -1.88. The minimum absolute atomic E-state index is 0.217. The first-order valence-corrected chi connectivity index (χ1v) is 9.07. The Morgan fingerprint density at radius 1 is 0.903 bits per heavy atom. The molecule has 3 aromatic carbocycles. The number of nitrogens with one attached hydrogen (secondary N) is 1.